The van der Waals surface area contributed by atoms with E-state index in [0.717, 1.165) is 0 Å². The molecule has 0 aliphatic heterocycles. The molecular weight excluding hydrogens is 250 g/mol. The number of ether oxygens (including phenoxy) is 2. The Morgan fingerprint density at radius 3 is 2.63 bits per heavy atom. The summed E-state index contributed by atoms with van der Waals surface area (Å²) in [6.07, 6.45) is 0.861. The fourth-order valence-electron chi connectivity index (χ4n) is 1.49. The molecule has 0 spiro atoms. The van der Waals surface area contributed by atoms with E-state index in [-0.39, 0.29) is 19.3 Å². The summed E-state index contributed by atoms with van der Waals surface area (Å²) >= 11 is 0. The zero-order valence-electron chi connectivity index (χ0n) is 11.9. The molecule has 0 aliphatic carbocycles. The number of methoxy groups -OCH3 is 1. The van der Waals surface area contributed by atoms with Crippen LogP contribution in [0.15, 0.2) is 6.20 Å². The van der Waals surface area contributed by atoms with Gasteiger partial charge in [-0.05, 0) is 20.8 Å². The molecule has 0 fully saturated rings. The van der Waals surface area contributed by atoms with E-state index in [2.05, 4.69) is 10.3 Å². The van der Waals surface area contributed by atoms with Gasteiger partial charge in [0.1, 0.15) is 11.3 Å². The van der Waals surface area contributed by atoms with Gasteiger partial charge in [-0.3, -0.25) is 0 Å². The third kappa shape index (κ3) is 5.65. The van der Waals surface area contributed by atoms with Gasteiger partial charge in [0.2, 0.25) is 0 Å². The zero-order valence-corrected chi connectivity index (χ0v) is 11.9. The Bertz CT molecular complexity index is 375. The van der Waals surface area contributed by atoms with Crippen LogP contribution in [0.25, 0.3) is 0 Å². The van der Waals surface area contributed by atoms with Crippen molar-refractivity contribution in [2.45, 2.75) is 45.1 Å². The minimum atomic E-state index is -1.04. The third-order valence-corrected chi connectivity index (χ3v) is 2.54. The van der Waals surface area contributed by atoms with Crippen molar-refractivity contribution in [3.05, 3.63) is 11.9 Å². The summed E-state index contributed by atoms with van der Waals surface area (Å²) in [5, 5.41) is 27.3. The van der Waals surface area contributed by atoms with E-state index in [1.165, 1.54) is 4.68 Å². The molecule has 110 valence electrons. The maximum Gasteiger partial charge on any atom is 0.114 e. The van der Waals surface area contributed by atoms with Gasteiger partial charge in [0.15, 0.2) is 0 Å². The molecule has 0 radical (unpaired) electrons. The van der Waals surface area contributed by atoms with E-state index in [1.807, 2.05) is 6.92 Å². The van der Waals surface area contributed by atoms with Crippen LogP contribution in [0.5, 0.6) is 0 Å². The lowest BCUT2D eigenvalue weighted by molar-refractivity contribution is -0.0365. The number of nitrogens with zero attached hydrogens (tertiary/aromatic N) is 3. The highest BCUT2D eigenvalue weighted by Crippen LogP contribution is 2.15. The topological polar surface area (TPSA) is 89.6 Å². The number of aliphatic hydroxyl groups is 2. The molecule has 0 amide bonds. The first kappa shape index (κ1) is 16.0. The molecule has 0 aliphatic rings. The van der Waals surface area contributed by atoms with Gasteiger partial charge in [-0.1, -0.05) is 5.21 Å². The monoisotopic (exact) mass is 273 g/mol. The van der Waals surface area contributed by atoms with E-state index >= 15 is 0 Å². The highest BCUT2D eigenvalue weighted by atomic mass is 16.5. The van der Waals surface area contributed by atoms with Crippen LogP contribution in [0.2, 0.25) is 0 Å². The van der Waals surface area contributed by atoms with Gasteiger partial charge in [0.25, 0.3) is 0 Å². The molecule has 7 heteroatoms. The molecular formula is C12H23N3O4. The van der Waals surface area contributed by atoms with Crippen LogP contribution in [-0.4, -0.2) is 57.7 Å². The van der Waals surface area contributed by atoms with Crippen molar-refractivity contribution in [2.75, 3.05) is 20.3 Å². The molecule has 0 saturated heterocycles. The largest absolute Gasteiger partial charge is 0.389 e. The molecule has 2 N–H and O–H groups in total. The van der Waals surface area contributed by atoms with Crippen LogP contribution in [0.3, 0.4) is 0 Å². The highest BCUT2D eigenvalue weighted by Gasteiger charge is 2.20. The van der Waals surface area contributed by atoms with E-state index < -0.39 is 11.7 Å². The van der Waals surface area contributed by atoms with Crippen LogP contribution in [-0.2, 0) is 21.6 Å². The lowest BCUT2D eigenvalue weighted by atomic mass is 10.1. The van der Waals surface area contributed by atoms with Crippen LogP contribution < -0.4 is 0 Å². The minimum Gasteiger partial charge on any atom is -0.389 e. The summed E-state index contributed by atoms with van der Waals surface area (Å²) in [4.78, 5) is 0. The SMILES string of the molecule is COCC(C)OCC(O)Cn1cc(C(C)(C)O)nn1. The standard InChI is InChI=1S/C12H23N3O4/c1-9(7-18-4)19-8-10(16)5-15-6-11(13-14-15)12(2,3)17/h6,9-10,16-17H,5,7-8H2,1-4H3. The summed E-state index contributed by atoms with van der Waals surface area (Å²) < 4.78 is 11.8. The fraction of sp³-hybridized carbons (Fsp3) is 0.833. The molecule has 7 nitrogen and oxygen atoms in total. The number of aromatic nitrogens is 3. The second kappa shape index (κ2) is 6.95. The average molecular weight is 273 g/mol. The summed E-state index contributed by atoms with van der Waals surface area (Å²) in [7, 11) is 1.60. The molecule has 0 aromatic carbocycles. The van der Waals surface area contributed by atoms with Crippen molar-refractivity contribution >= 4 is 0 Å². The lowest BCUT2D eigenvalue weighted by Crippen LogP contribution is -2.26. The Kier molecular flexibility index (Phi) is 5.86. The van der Waals surface area contributed by atoms with Crippen molar-refractivity contribution in [1.29, 1.82) is 0 Å². The normalized spacial score (nSPS) is 15.5. The van der Waals surface area contributed by atoms with E-state index in [1.54, 1.807) is 27.2 Å². The minimum absolute atomic E-state index is 0.0673. The van der Waals surface area contributed by atoms with Gasteiger partial charge in [-0.15, -0.1) is 5.10 Å². The highest BCUT2D eigenvalue weighted by molar-refractivity contribution is 5.02. The van der Waals surface area contributed by atoms with Gasteiger partial charge >= 0.3 is 0 Å². The Labute approximate surface area is 113 Å². The summed E-state index contributed by atoms with van der Waals surface area (Å²) in [6, 6.07) is 0. The maximum absolute atomic E-state index is 9.81. The van der Waals surface area contributed by atoms with E-state index in [4.69, 9.17) is 9.47 Å². The molecule has 0 saturated carbocycles. The van der Waals surface area contributed by atoms with Crippen molar-refractivity contribution < 1.29 is 19.7 Å². The Balaban J connectivity index is 2.40. The first-order chi connectivity index (χ1) is 8.82. The number of hydrogen-bond donors (Lipinski definition) is 2. The van der Waals surface area contributed by atoms with Crippen LogP contribution in [0.1, 0.15) is 26.5 Å². The van der Waals surface area contributed by atoms with Crippen LogP contribution in [0.4, 0.5) is 0 Å². The van der Waals surface area contributed by atoms with Crippen molar-refractivity contribution in [1.82, 2.24) is 15.0 Å². The van der Waals surface area contributed by atoms with Gasteiger partial charge in [-0.2, -0.15) is 0 Å². The average Bonchev–Trinajstić information content (AvgIpc) is 2.75. The van der Waals surface area contributed by atoms with Crippen LogP contribution in [0, 0.1) is 0 Å². The smallest absolute Gasteiger partial charge is 0.114 e. The molecule has 1 aromatic heterocycles. The summed E-state index contributed by atoms with van der Waals surface area (Å²) in [5.74, 6) is 0. The lowest BCUT2D eigenvalue weighted by Gasteiger charge is -2.15. The van der Waals surface area contributed by atoms with Gasteiger partial charge in [-0.25, -0.2) is 4.68 Å². The number of aliphatic hydroxyl groups excluding tert-OH is 1. The van der Waals surface area contributed by atoms with Gasteiger partial charge in [0.05, 0.1) is 38.2 Å². The zero-order chi connectivity index (χ0) is 14.5. The molecule has 2 atom stereocenters. The summed E-state index contributed by atoms with van der Waals surface area (Å²) in [5.41, 5.74) is -0.569. The first-order valence-electron chi connectivity index (χ1n) is 6.24. The Morgan fingerprint density at radius 2 is 2.11 bits per heavy atom. The molecule has 19 heavy (non-hydrogen) atoms. The number of hydrogen-bond acceptors (Lipinski definition) is 6. The second-order valence-electron chi connectivity index (χ2n) is 5.14. The fourth-order valence-corrected chi connectivity index (χ4v) is 1.49. The van der Waals surface area contributed by atoms with Crippen LogP contribution >= 0.6 is 0 Å². The predicted molar refractivity (Wildman–Crippen MR) is 68.6 cm³/mol. The quantitative estimate of drug-likeness (QED) is 0.688. The summed E-state index contributed by atoms with van der Waals surface area (Å²) in [6.45, 7) is 6.09. The maximum atomic E-state index is 9.81. The van der Waals surface area contributed by atoms with E-state index in [9.17, 15) is 10.2 Å². The van der Waals surface area contributed by atoms with Crippen molar-refractivity contribution in [2.24, 2.45) is 0 Å². The Hall–Kier alpha value is -1.02. The van der Waals surface area contributed by atoms with Gasteiger partial charge < -0.3 is 19.7 Å². The first-order valence-corrected chi connectivity index (χ1v) is 6.24. The predicted octanol–water partition coefficient (Wildman–Crippen LogP) is -0.0821. The van der Waals surface area contributed by atoms with Gasteiger partial charge in [0, 0.05) is 7.11 Å². The number of rotatable bonds is 8. The molecule has 1 heterocycles. The van der Waals surface area contributed by atoms with E-state index in [0.29, 0.717) is 12.3 Å². The molecule has 1 rings (SSSR count). The Morgan fingerprint density at radius 1 is 1.42 bits per heavy atom. The third-order valence-electron chi connectivity index (χ3n) is 2.54. The molecule has 0 bridgehead atoms. The van der Waals surface area contributed by atoms with Crippen molar-refractivity contribution in [3.8, 4) is 0 Å². The van der Waals surface area contributed by atoms with Crippen molar-refractivity contribution in [3.63, 3.8) is 0 Å². The molecule has 2 unspecified atom stereocenters. The molecule has 1 aromatic rings. The second-order valence-corrected chi connectivity index (χ2v) is 5.14.